The monoisotopic (exact) mass is 384 g/mol. The minimum absolute atomic E-state index is 0.0976. The summed E-state index contributed by atoms with van der Waals surface area (Å²) in [5, 5.41) is 8.27. The summed E-state index contributed by atoms with van der Waals surface area (Å²) in [5.41, 5.74) is 0.508. The zero-order chi connectivity index (χ0) is 19.7. The number of aromatic nitrogens is 3. The van der Waals surface area contributed by atoms with Gasteiger partial charge < -0.3 is 0 Å². The lowest BCUT2D eigenvalue weighted by molar-refractivity contribution is 0.101. The molecule has 1 amide bonds. The number of fused-ring (bicyclic) bond motifs is 1. The third-order valence-electron chi connectivity index (χ3n) is 3.96. The molecule has 1 aromatic carbocycles. The number of hydrogen-bond acceptors (Lipinski definition) is 6. The van der Waals surface area contributed by atoms with E-state index in [0.29, 0.717) is 33.0 Å². The third-order valence-corrected chi connectivity index (χ3v) is 5.13. The Morgan fingerprint density at radius 3 is 2.48 bits per heavy atom. The van der Waals surface area contributed by atoms with E-state index in [2.05, 4.69) is 15.4 Å². The highest BCUT2D eigenvalue weighted by atomic mass is 32.1. The van der Waals surface area contributed by atoms with E-state index >= 15 is 0 Å². The predicted octanol–water partition coefficient (Wildman–Crippen LogP) is 3.27. The van der Waals surface area contributed by atoms with Gasteiger partial charge in [-0.2, -0.15) is 5.10 Å². The largest absolute Gasteiger partial charge is 0.296 e. The van der Waals surface area contributed by atoms with Crippen LogP contribution in [0.2, 0.25) is 0 Å². The van der Waals surface area contributed by atoms with Crippen LogP contribution in [0.15, 0.2) is 29.1 Å². The van der Waals surface area contributed by atoms with Gasteiger partial charge in [-0.3, -0.25) is 19.7 Å². The molecule has 2 heterocycles. The number of amides is 1. The maximum atomic E-state index is 12.9. The molecule has 0 unspecified atom stereocenters. The van der Waals surface area contributed by atoms with E-state index in [9.17, 15) is 14.4 Å². The Morgan fingerprint density at radius 2 is 1.89 bits per heavy atom. The van der Waals surface area contributed by atoms with Crippen LogP contribution >= 0.6 is 11.3 Å². The molecule has 0 aliphatic rings. The number of nitrogens with zero attached hydrogens (tertiary/aromatic N) is 3. The van der Waals surface area contributed by atoms with Gasteiger partial charge in [-0.05, 0) is 18.9 Å². The second-order valence-electron chi connectivity index (χ2n) is 6.72. The number of carbonyl (C=O) groups is 2. The van der Waals surface area contributed by atoms with E-state index in [1.165, 1.54) is 11.6 Å². The van der Waals surface area contributed by atoms with Crippen LogP contribution in [0.25, 0.3) is 10.8 Å². The molecule has 27 heavy (non-hydrogen) atoms. The Kier molecular flexibility index (Phi) is 5.18. The number of nitrogens with one attached hydrogen (secondary N) is 1. The zero-order valence-electron chi connectivity index (χ0n) is 15.6. The Labute approximate surface area is 160 Å². The molecule has 7 nitrogen and oxygen atoms in total. The lowest BCUT2D eigenvalue weighted by atomic mass is 10.1. The van der Waals surface area contributed by atoms with Crippen LogP contribution in [0, 0.1) is 12.8 Å². The van der Waals surface area contributed by atoms with Crippen molar-refractivity contribution in [3.05, 3.63) is 50.9 Å². The van der Waals surface area contributed by atoms with Crippen LogP contribution in [0.3, 0.4) is 0 Å². The summed E-state index contributed by atoms with van der Waals surface area (Å²) in [4.78, 5) is 41.8. The van der Waals surface area contributed by atoms with Crippen molar-refractivity contribution in [2.24, 2.45) is 5.92 Å². The molecule has 0 aliphatic carbocycles. The minimum atomic E-state index is -0.465. The number of thiazole rings is 1. The molecule has 0 bridgehead atoms. The highest BCUT2D eigenvalue weighted by molar-refractivity contribution is 7.17. The molecule has 140 valence electrons. The lowest BCUT2D eigenvalue weighted by Gasteiger charge is -2.12. The van der Waals surface area contributed by atoms with Crippen LogP contribution in [0.5, 0.6) is 0 Å². The number of carbonyl (C=O) groups excluding carboxylic acids is 2. The van der Waals surface area contributed by atoms with Crippen molar-refractivity contribution in [3.63, 3.8) is 0 Å². The summed E-state index contributed by atoms with van der Waals surface area (Å²) in [6.07, 6.45) is 0. The van der Waals surface area contributed by atoms with Gasteiger partial charge in [-0.15, -0.1) is 0 Å². The van der Waals surface area contributed by atoms with Gasteiger partial charge in [0.1, 0.15) is 0 Å². The van der Waals surface area contributed by atoms with Gasteiger partial charge in [0.05, 0.1) is 16.0 Å². The van der Waals surface area contributed by atoms with Crippen molar-refractivity contribution >= 4 is 38.9 Å². The van der Waals surface area contributed by atoms with Gasteiger partial charge in [-0.1, -0.05) is 43.4 Å². The fourth-order valence-corrected chi connectivity index (χ4v) is 3.66. The quantitative estimate of drug-likeness (QED) is 0.681. The maximum absolute atomic E-state index is 12.9. The van der Waals surface area contributed by atoms with E-state index in [0.717, 1.165) is 11.3 Å². The van der Waals surface area contributed by atoms with Gasteiger partial charge in [0.15, 0.2) is 16.6 Å². The van der Waals surface area contributed by atoms with Gasteiger partial charge in [-0.25, -0.2) is 9.67 Å². The molecule has 0 atom stereocenters. The molecule has 0 fully saturated rings. The SMILES string of the molecule is CC(=O)c1sc(NC(=O)c2nn(CC(C)C)c(=O)c3ccccc23)nc1C. The first-order valence-corrected chi connectivity index (χ1v) is 9.39. The first-order chi connectivity index (χ1) is 12.8. The Morgan fingerprint density at radius 1 is 1.22 bits per heavy atom. The van der Waals surface area contributed by atoms with Gasteiger partial charge in [0.2, 0.25) is 0 Å². The highest BCUT2D eigenvalue weighted by Gasteiger charge is 2.19. The van der Waals surface area contributed by atoms with E-state index in [-0.39, 0.29) is 23.0 Å². The second kappa shape index (κ2) is 7.40. The summed E-state index contributed by atoms with van der Waals surface area (Å²) in [6.45, 7) is 7.55. The smallest absolute Gasteiger partial charge is 0.278 e. The van der Waals surface area contributed by atoms with Crippen molar-refractivity contribution in [1.29, 1.82) is 0 Å². The van der Waals surface area contributed by atoms with E-state index in [1.54, 1.807) is 31.2 Å². The summed E-state index contributed by atoms with van der Waals surface area (Å²) in [5.74, 6) is -0.362. The predicted molar refractivity (Wildman–Crippen MR) is 106 cm³/mol. The first-order valence-electron chi connectivity index (χ1n) is 8.57. The molecule has 0 aliphatic heterocycles. The van der Waals surface area contributed by atoms with Crippen molar-refractivity contribution in [2.45, 2.75) is 34.2 Å². The van der Waals surface area contributed by atoms with Crippen molar-refractivity contribution in [2.75, 3.05) is 5.32 Å². The molecule has 3 rings (SSSR count). The molecule has 2 aromatic heterocycles. The first kappa shape index (κ1) is 18.9. The van der Waals surface area contributed by atoms with Crippen molar-refractivity contribution < 1.29 is 9.59 Å². The third kappa shape index (κ3) is 3.80. The molecule has 0 spiro atoms. The van der Waals surface area contributed by atoms with Gasteiger partial charge in [0, 0.05) is 18.9 Å². The molecule has 0 saturated heterocycles. The van der Waals surface area contributed by atoms with Crippen LogP contribution in [0.1, 0.15) is 46.6 Å². The molecule has 1 N–H and O–H groups in total. The number of anilines is 1. The van der Waals surface area contributed by atoms with Crippen LogP contribution in [-0.4, -0.2) is 26.5 Å². The average Bonchev–Trinajstić information content (AvgIpc) is 2.97. The number of benzene rings is 1. The number of Topliss-reactive ketones (excluding diaryl/α,β-unsaturated/α-hetero) is 1. The number of hydrogen-bond donors (Lipinski definition) is 1. The summed E-state index contributed by atoms with van der Waals surface area (Å²) < 4.78 is 1.33. The van der Waals surface area contributed by atoms with E-state index in [1.807, 2.05) is 13.8 Å². The molecule has 8 heteroatoms. The van der Waals surface area contributed by atoms with Crippen LogP contribution < -0.4 is 10.9 Å². The van der Waals surface area contributed by atoms with E-state index in [4.69, 9.17) is 0 Å². The average molecular weight is 384 g/mol. The molecule has 0 radical (unpaired) electrons. The number of ketones is 1. The summed E-state index contributed by atoms with van der Waals surface area (Å²) in [7, 11) is 0. The maximum Gasteiger partial charge on any atom is 0.278 e. The number of rotatable bonds is 5. The standard InChI is InChI=1S/C19H20N4O3S/c1-10(2)9-23-18(26)14-8-6-5-7-13(14)15(22-23)17(25)21-19-20-11(3)16(27-19)12(4)24/h5-8,10H,9H2,1-4H3,(H,20,21,25). The topological polar surface area (TPSA) is 94.0 Å². The van der Waals surface area contributed by atoms with Gasteiger partial charge >= 0.3 is 0 Å². The number of aryl methyl sites for hydroxylation is 1. The Balaban J connectivity index is 2.06. The van der Waals surface area contributed by atoms with Crippen molar-refractivity contribution in [1.82, 2.24) is 14.8 Å². The summed E-state index contributed by atoms with van der Waals surface area (Å²) in [6, 6.07) is 6.91. The molecule has 0 saturated carbocycles. The molecule has 3 aromatic rings. The minimum Gasteiger partial charge on any atom is -0.296 e. The Hall–Kier alpha value is -2.87. The fourth-order valence-electron chi connectivity index (χ4n) is 2.81. The highest BCUT2D eigenvalue weighted by Crippen LogP contribution is 2.24. The van der Waals surface area contributed by atoms with Gasteiger partial charge in [0.25, 0.3) is 11.5 Å². The summed E-state index contributed by atoms with van der Waals surface area (Å²) >= 11 is 1.13. The van der Waals surface area contributed by atoms with Crippen LogP contribution in [-0.2, 0) is 6.54 Å². The normalized spacial score (nSPS) is 11.1. The zero-order valence-corrected chi connectivity index (χ0v) is 16.4. The van der Waals surface area contributed by atoms with E-state index < -0.39 is 5.91 Å². The Bertz CT molecular complexity index is 1100. The van der Waals surface area contributed by atoms with Crippen LogP contribution in [0.4, 0.5) is 5.13 Å². The van der Waals surface area contributed by atoms with Crippen molar-refractivity contribution in [3.8, 4) is 0 Å². The lowest BCUT2D eigenvalue weighted by Crippen LogP contribution is -2.29. The molecular formula is C19H20N4O3S. The molecular weight excluding hydrogens is 364 g/mol. The second-order valence-corrected chi connectivity index (χ2v) is 7.72. The fraction of sp³-hybridized carbons (Fsp3) is 0.316.